The number of amides is 2. The molecule has 0 radical (unpaired) electrons. The number of aromatic nitrogens is 3. The van der Waals surface area contributed by atoms with Crippen molar-refractivity contribution < 1.29 is 44.4 Å². The largest absolute Gasteiger partial charge is 0.504 e. The summed E-state index contributed by atoms with van der Waals surface area (Å²) in [7, 11) is 0. The Balaban J connectivity index is 1.31. The summed E-state index contributed by atoms with van der Waals surface area (Å²) in [5, 5.41) is 46.5. The number of phenols is 2. The minimum atomic E-state index is -1.81. The molecule has 5 rings (SSSR count). The maximum Gasteiger partial charge on any atom is 0.352 e. The first-order valence-corrected chi connectivity index (χ1v) is 15.9. The van der Waals surface area contributed by atoms with Gasteiger partial charge in [-0.15, -0.1) is 23.1 Å². The number of carbonyl (C=O) groups is 4. The Morgan fingerprint density at radius 2 is 1.85 bits per heavy atom. The Morgan fingerprint density at radius 1 is 1.13 bits per heavy atom. The van der Waals surface area contributed by atoms with Gasteiger partial charge in [-0.05, 0) is 12.1 Å². The molecule has 2 unspecified atom stereocenters. The number of rotatable bonds is 11. The molecule has 46 heavy (non-hydrogen) atoms. The fourth-order valence-electron chi connectivity index (χ4n) is 4.50. The first-order valence-electron chi connectivity index (χ1n) is 13.0. The van der Waals surface area contributed by atoms with Crippen LogP contribution in [0.1, 0.15) is 17.4 Å². The van der Waals surface area contributed by atoms with Crippen LogP contribution in [0.2, 0.25) is 0 Å². The molecular weight excluding hydrogens is 667 g/mol. The molecule has 11 N–H and O–H groups in total. The summed E-state index contributed by atoms with van der Waals surface area (Å²) in [5.41, 5.74) is 15.1. The molecule has 18 nitrogen and oxygen atoms in total. The van der Waals surface area contributed by atoms with Crippen molar-refractivity contribution in [3.8, 4) is 11.5 Å². The number of carboxylic acid groups (broad SMARTS) is 2. The van der Waals surface area contributed by atoms with Crippen molar-refractivity contribution >= 4 is 81.1 Å². The van der Waals surface area contributed by atoms with Crippen molar-refractivity contribution in [2.45, 2.75) is 22.7 Å². The lowest BCUT2D eigenvalue weighted by Gasteiger charge is -2.53. The highest BCUT2D eigenvalue weighted by Crippen LogP contribution is 2.44. The Kier molecular flexibility index (Phi) is 8.99. The lowest BCUT2D eigenvalue weighted by atomic mass is 9.89. The van der Waals surface area contributed by atoms with Crippen molar-refractivity contribution in [1.29, 1.82) is 0 Å². The number of nitrogens with two attached hydrogens (primary N) is 3. The minimum absolute atomic E-state index is 0.00863. The molecule has 3 aromatic rings. The number of thioether (sulfide) groups is 2. The number of hydrogen-bond acceptors (Lipinski definition) is 17. The maximum absolute atomic E-state index is 13.4. The van der Waals surface area contributed by atoms with E-state index in [1.54, 1.807) is 0 Å². The highest BCUT2D eigenvalue weighted by atomic mass is 32.2. The summed E-state index contributed by atoms with van der Waals surface area (Å²) in [4.78, 5) is 69.6. The van der Waals surface area contributed by atoms with Gasteiger partial charge in [-0.25, -0.2) is 19.7 Å². The number of phenolic OH excluding ortho intramolecular Hbond substituents is 2. The highest BCUT2D eigenvalue weighted by molar-refractivity contribution is 8.00. The zero-order chi connectivity index (χ0) is 33.3. The average molecular weight is 692 g/mol. The average Bonchev–Trinajstić information content (AvgIpc) is 3.43. The number of aliphatic carboxylic acids is 2. The number of fused-ring (bicyclic) bond motifs is 1. The molecule has 0 saturated carbocycles. The summed E-state index contributed by atoms with van der Waals surface area (Å²) in [6.07, 6.45) is -1.81. The lowest BCUT2D eigenvalue weighted by Crippen LogP contribution is -2.74. The van der Waals surface area contributed by atoms with Crippen LogP contribution in [0.15, 0.2) is 40.0 Å². The SMILES string of the molecule is Nc1cc(N)nc(SCC2(C(=O)O)CS[C@@H]3C(NC(=O)C(=NO[C@@H](C(=O)O)c4ccc(O)c(O)c4)c4csc(N)n4)C(=O)N3C2)n1. The van der Waals surface area contributed by atoms with Crippen LogP contribution in [0.3, 0.4) is 0 Å². The summed E-state index contributed by atoms with van der Waals surface area (Å²) in [6, 6.07) is 3.48. The number of nitrogens with one attached hydrogen (secondary N) is 1. The number of benzene rings is 1. The zero-order valence-corrected chi connectivity index (χ0v) is 25.7. The fraction of sp³-hybridized carbons (Fsp3) is 0.280. The van der Waals surface area contributed by atoms with Crippen LogP contribution in [-0.4, -0.2) is 99.2 Å². The number of anilines is 3. The maximum atomic E-state index is 13.4. The van der Waals surface area contributed by atoms with Gasteiger partial charge in [0.05, 0.1) is 0 Å². The molecule has 2 fully saturated rings. The molecule has 1 aromatic carbocycles. The molecule has 4 atom stereocenters. The van der Waals surface area contributed by atoms with Crippen LogP contribution >= 0.6 is 34.9 Å². The van der Waals surface area contributed by atoms with Gasteiger partial charge in [-0.2, -0.15) is 0 Å². The topological polar surface area (TPSA) is 303 Å². The number of hydrogen-bond donors (Lipinski definition) is 8. The van der Waals surface area contributed by atoms with Crippen LogP contribution in [-0.2, 0) is 24.0 Å². The van der Waals surface area contributed by atoms with E-state index in [-0.39, 0.29) is 51.2 Å². The molecule has 2 amide bonds. The van der Waals surface area contributed by atoms with Crippen molar-refractivity contribution in [3.63, 3.8) is 0 Å². The highest BCUT2D eigenvalue weighted by Gasteiger charge is 2.57. The summed E-state index contributed by atoms with van der Waals surface area (Å²) >= 11 is 3.16. The standard InChI is InChI=1S/C25H25N9O9S3/c26-13-4-14(27)31-24(30-13)46-8-25(22(41)42)6-34-19(38)16(20(34)45-7-25)32-18(37)15(10-5-44-23(28)29-10)33-43-17(21(39)40)9-1-2-11(35)12(36)3-9/h1-5,16-17,20,35-36H,6-8H2,(H2,28,29)(H,32,37)(H,39,40)(H,41,42)(H4,26,27,30,31)/t16?,17-,20-,25?/m1/s1. The normalized spacial score (nSPS) is 21.5. The monoisotopic (exact) mass is 691 g/mol. The first-order chi connectivity index (χ1) is 21.8. The van der Waals surface area contributed by atoms with Gasteiger partial charge in [0, 0.05) is 35.1 Å². The number of carbonyl (C=O) groups excluding carboxylic acids is 2. The van der Waals surface area contributed by atoms with Crippen LogP contribution in [0, 0.1) is 5.41 Å². The number of β-lactam (4-membered cyclic amide) rings is 1. The predicted octanol–water partition coefficient (Wildman–Crippen LogP) is -0.0993. The molecule has 0 aliphatic carbocycles. The van der Waals surface area contributed by atoms with Crippen molar-refractivity contribution in [2.24, 2.45) is 10.6 Å². The molecule has 242 valence electrons. The van der Waals surface area contributed by atoms with Gasteiger partial charge in [0.2, 0.25) is 12.0 Å². The Hall–Kier alpha value is -5.02. The van der Waals surface area contributed by atoms with Crippen LogP contribution in [0.4, 0.5) is 16.8 Å². The van der Waals surface area contributed by atoms with E-state index < -0.39 is 63.9 Å². The summed E-state index contributed by atoms with van der Waals surface area (Å²) in [6.45, 7) is -0.150. The second-order valence-electron chi connectivity index (χ2n) is 10.1. The number of carboxylic acids is 2. The molecule has 2 aliphatic heterocycles. The van der Waals surface area contributed by atoms with E-state index in [0.717, 1.165) is 47.0 Å². The van der Waals surface area contributed by atoms with Gasteiger partial charge in [0.25, 0.3) is 5.91 Å². The minimum Gasteiger partial charge on any atom is -0.504 e. The molecule has 4 heterocycles. The number of thiazole rings is 1. The molecule has 2 aromatic heterocycles. The van der Waals surface area contributed by atoms with Crippen LogP contribution < -0.4 is 22.5 Å². The van der Waals surface area contributed by atoms with E-state index in [0.29, 0.717) is 0 Å². The second kappa shape index (κ2) is 12.8. The molecule has 0 spiro atoms. The lowest BCUT2D eigenvalue weighted by molar-refractivity contribution is -0.157. The molecule has 21 heteroatoms. The fourth-order valence-corrected chi connectivity index (χ4v) is 7.78. The van der Waals surface area contributed by atoms with E-state index in [2.05, 4.69) is 25.4 Å². The summed E-state index contributed by atoms with van der Waals surface area (Å²) in [5.74, 6) is -4.90. The molecule has 2 aliphatic rings. The Labute approximate surface area is 271 Å². The van der Waals surface area contributed by atoms with Gasteiger partial charge in [-0.1, -0.05) is 23.0 Å². The smallest absolute Gasteiger partial charge is 0.352 e. The Bertz CT molecular complexity index is 1740. The van der Waals surface area contributed by atoms with Crippen LogP contribution in [0.5, 0.6) is 11.5 Å². The molecular formula is C25H25N9O9S3. The van der Waals surface area contributed by atoms with Crippen molar-refractivity contribution in [1.82, 2.24) is 25.2 Å². The van der Waals surface area contributed by atoms with Gasteiger partial charge in [0.15, 0.2) is 27.5 Å². The third-order valence-electron chi connectivity index (χ3n) is 6.86. The van der Waals surface area contributed by atoms with Gasteiger partial charge < -0.3 is 52.7 Å². The number of aromatic hydroxyl groups is 2. The van der Waals surface area contributed by atoms with E-state index >= 15 is 0 Å². The van der Waals surface area contributed by atoms with E-state index in [9.17, 15) is 39.6 Å². The van der Waals surface area contributed by atoms with Crippen LogP contribution in [0.25, 0.3) is 0 Å². The third-order valence-corrected chi connectivity index (χ3v) is 10.3. The van der Waals surface area contributed by atoms with Crippen molar-refractivity contribution in [2.75, 3.05) is 35.3 Å². The Morgan fingerprint density at radius 3 is 2.46 bits per heavy atom. The zero-order valence-electron chi connectivity index (χ0n) is 23.3. The third kappa shape index (κ3) is 6.50. The van der Waals surface area contributed by atoms with Gasteiger partial charge >= 0.3 is 11.9 Å². The van der Waals surface area contributed by atoms with Gasteiger partial charge in [0.1, 0.15) is 34.2 Å². The van der Waals surface area contributed by atoms with E-state index in [1.807, 2.05) is 0 Å². The van der Waals surface area contributed by atoms with Crippen molar-refractivity contribution in [3.05, 3.63) is 40.9 Å². The first kappa shape index (κ1) is 32.4. The molecule has 0 bridgehead atoms. The van der Waals surface area contributed by atoms with E-state index in [4.69, 9.17) is 22.0 Å². The quantitative estimate of drug-likeness (QED) is 0.0325. The van der Waals surface area contributed by atoms with Gasteiger partial charge in [-0.3, -0.25) is 14.4 Å². The number of nitrogen functional groups attached to an aromatic ring is 3. The second-order valence-corrected chi connectivity index (χ2v) is 13.0. The van der Waals surface area contributed by atoms with E-state index in [1.165, 1.54) is 22.4 Å². The summed E-state index contributed by atoms with van der Waals surface area (Å²) < 4.78 is 0. The predicted molar refractivity (Wildman–Crippen MR) is 166 cm³/mol. The molecule has 2 saturated heterocycles. The number of nitrogens with zero attached hydrogens (tertiary/aromatic N) is 5. The number of oxime groups is 1.